The highest BCUT2D eigenvalue weighted by atomic mass is 79.9. The monoisotopic (exact) mass is 310 g/mol. The molecule has 0 atom stereocenters. The number of hydrogen-bond donors (Lipinski definition) is 0. The van der Waals surface area contributed by atoms with Crippen LogP contribution in [0.15, 0.2) is 34.9 Å². The lowest BCUT2D eigenvalue weighted by molar-refractivity contribution is 0.102. The molecule has 0 saturated heterocycles. The maximum absolute atomic E-state index is 13.2. The Bertz CT molecular complexity index is 580. The van der Waals surface area contributed by atoms with E-state index >= 15 is 0 Å². The third-order valence-corrected chi connectivity index (χ3v) is 3.25. The quantitative estimate of drug-likeness (QED) is 0.811. The zero-order valence-electron chi connectivity index (χ0n) is 9.86. The Kier molecular flexibility index (Phi) is 3.91. The molecule has 2 rings (SSSR count). The molecule has 0 unspecified atom stereocenters. The first-order valence-electron chi connectivity index (χ1n) is 5.65. The molecular weight excluding hydrogens is 299 g/mol. The topological polar surface area (TPSA) is 34.9 Å². The number of benzene rings is 1. The van der Waals surface area contributed by atoms with Crippen molar-refractivity contribution < 1.29 is 9.18 Å². The summed E-state index contributed by atoms with van der Waals surface area (Å²) in [6, 6.07) is 5.72. The number of nitrogens with zero attached hydrogens (tertiary/aromatic N) is 2. The van der Waals surface area contributed by atoms with Crippen molar-refractivity contribution in [2.24, 2.45) is 0 Å². The Morgan fingerprint density at radius 1 is 1.44 bits per heavy atom. The van der Waals surface area contributed by atoms with Gasteiger partial charge < -0.3 is 0 Å². The van der Waals surface area contributed by atoms with Crippen molar-refractivity contribution in [3.05, 3.63) is 52.0 Å². The summed E-state index contributed by atoms with van der Waals surface area (Å²) in [5.74, 6) is -0.657. The van der Waals surface area contributed by atoms with Gasteiger partial charge in [-0.15, -0.1) is 0 Å². The van der Waals surface area contributed by atoms with Crippen LogP contribution in [-0.4, -0.2) is 15.6 Å². The largest absolute Gasteiger partial charge is 0.287 e. The molecule has 0 aliphatic rings. The highest BCUT2D eigenvalue weighted by molar-refractivity contribution is 9.10. The van der Waals surface area contributed by atoms with E-state index in [4.69, 9.17) is 0 Å². The van der Waals surface area contributed by atoms with Gasteiger partial charge in [-0.2, -0.15) is 5.10 Å². The van der Waals surface area contributed by atoms with E-state index in [0.717, 1.165) is 6.42 Å². The molecule has 5 heteroatoms. The van der Waals surface area contributed by atoms with E-state index in [9.17, 15) is 9.18 Å². The number of halogens is 2. The lowest BCUT2D eigenvalue weighted by atomic mass is 10.1. The zero-order valence-corrected chi connectivity index (χ0v) is 11.4. The lowest BCUT2D eigenvalue weighted by Crippen LogP contribution is -2.12. The molecule has 0 aliphatic heterocycles. The van der Waals surface area contributed by atoms with Crippen LogP contribution in [0.4, 0.5) is 4.39 Å². The molecule has 1 aromatic carbocycles. The Labute approximate surface area is 113 Å². The second-order valence-corrected chi connectivity index (χ2v) is 4.75. The van der Waals surface area contributed by atoms with E-state index in [0.29, 0.717) is 22.3 Å². The molecule has 2 aromatic rings. The Morgan fingerprint density at radius 3 is 2.94 bits per heavy atom. The van der Waals surface area contributed by atoms with Gasteiger partial charge in [-0.25, -0.2) is 4.39 Å². The minimum absolute atomic E-state index is 0.229. The fraction of sp³-hybridized carbons (Fsp3) is 0.231. The highest BCUT2D eigenvalue weighted by Crippen LogP contribution is 2.21. The Balaban J connectivity index is 2.41. The molecule has 1 aromatic heterocycles. The van der Waals surface area contributed by atoms with Gasteiger partial charge in [0.2, 0.25) is 5.78 Å². The summed E-state index contributed by atoms with van der Waals surface area (Å²) in [5, 5.41) is 4.09. The van der Waals surface area contributed by atoms with E-state index in [1.165, 1.54) is 18.2 Å². The molecule has 18 heavy (non-hydrogen) atoms. The van der Waals surface area contributed by atoms with Crippen molar-refractivity contribution in [2.45, 2.75) is 19.9 Å². The summed E-state index contributed by atoms with van der Waals surface area (Å²) in [6.45, 7) is 2.68. The molecule has 0 radical (unpaired) electrons. The van der Waals surface area contributed by atoms with E-state index < -0.39 is 5.82 Å². The third kappa shape index (κ3) is 2.51. The van der Waals surface area contributed by atoms with Crippen molar-refractivity contribution in [3.63, 3.8) is 0 Å². The van der Waals surface area contributed by atoms with Crippen LogP contribution in [0.1, 0.15) is 29.4 Å². The standard InChI is InChI=1S/C13H12BrFN2O/c1-2-7-17-12(5-6-16-17)13(18)10-8-9(15)3-4-11(10)14/h3-6,8H,2,7H2,1H3. The Hall–Kier alpha value is -1.49. The van der Waals surface area contributed by atoms with Crippen LogP contribution in [0.2, 0.25) is 0 Å². The van der Waals surface area contributed by atoms with Crippen LogP contribution in [0, 0.1) is 5.82 Å². The average molecular weight is 311 g/mol. The van der Waals surface area contributed by atoms with Gasteiger partial charge in [-0.3, -0.25) is 9.48 Å². The number of carbonyl (C=O) groups is 1. The van der Waals surface area contributed by atoms with E-state index in [2.05, 4.69) is 21.0 Å². The van der Waals surface area contributed by atoms with Crippen LogP contribution in [0.5, 0.6) is 0 Å². The van der Waals surface area contributed by atoms with E-state index in [-0.39, 0.29) is 5.78 Å². The summed E-state index contributed by atoms with van der Waals surface area (Å²) in [4.78, 5) is 12.3. The molecule has 0 spiro atoms. The molecule has 94 valence electrons. The first-order chi connectivity index (χ1) is 8.63. The predicted octanol–water partition coefficient (Wildman–Crippen LogP) is 3.43. The molecule has 0 amide bonds. The molecule has 0 aliphatic carbocycles. The van der Waals surface area contributed by atoms with Gasteiger partial charge in [-0.1, -0.05) is 22.9 Å². The molecule has 1 heterocycles. The van der Waals surface area contributed by atoms with Crippen LogP contribution in [0.3, 0.4) is 0 Å². The van der Waals surface area contributed by atoms with Crippen molar-refractivity contribution in [1.82, 2.24) is 9.78 Å². The zero-order chi connectivity index (χ0) is 13.1. The second-order valence-electron chi connectivity index (χ2n) is 3.89. The summed E-state index contributed by atoms with van der Waals surface area (Å²) < 4.78 is 15.4. The first kappa shape index (κ1) is 13.0. The first-order valence-corrected chi connectivity index (χ1v) is 6.44. The van der Waals surface area contributed by atoms with Crippen LogP contribution in [-0.2, 0) is 6.54 Å². The summed E-state index contributed by atoms with van der Waals surface area (Å²) in [5.41, 5.74) is 0.788. The highest BCUT2D eigenvalue weighted by Gasteiger charge is 2.17. The summed E-state index contributed by atoms with van der Waals surface area (Å²) >= 11 is 3.26. The SMILES string of the molecule is CCCn1nccc1C(=O)c1cc(F)ccc1Br. The van der Waals surface area contributed by atoms with Gasteiger partial charge in [0.15, 0.2) is 0 Å². The number of carbonyl (C=O) groups excluding carboxylic acids is 1. The van der Waals surface area contributed by atoms with Crippen molar-refractivity contribution in [1.29, 1.82) is 0 Å². The van der Waals surface area contributed by atoms with Gasteiger partial charge in [-0.05, 0) is 30.7 Å². The molecule has 3 nitrogen and oxygen atoms in total. The van der Waals surface area contributed by atoms with Gasteiger partial charge in [0.05, 0.1) is 0 Å². The van der Waals surface area contributed by atoms with Crippen LogP contribution < -0.4 is 0 Å². The van der Waals surface area contributed by atoms with Crippen molar-refractivity contribution in [2.75, 3.05) is 0 Å². The number of rotatable bonds is 4. The number of aryl methyl sites for hydroxylation is 1. The maximum Gasteiger partial charge on any atom is 0.212 e. The minimum atomic E-state index is -0.428. The third-order valence-electron chi connectivity index (χ3n) is 2.56. The fourth-order valence-electron chi connectivity index (χ4n) is 1.73. The number of ketones is 1. The molecule has 0 saturated carbocycles. The molecular formula is C13H12BrFN2O. The molecule has 0 bridgehead atoms. The van der Waals surface area contributed by atoms with Crippen LogP contribution >= 0.6 is 15.9 Å². The molecule has 0 fully saturated rings. The maximum atomic E-state index is 13.2. The van der Waals surface area contributed by atoms with Gasteiger partial charge in [0.25, 0.3) is 0 Å². The van der Waals surface area contributed by atoms with Gasteiger partial charge in [0.1, 0.15) is 11.5 Å². The average Bonchev–Trinajstić information content (AvgIpc) is 2.80. The van der Waals surface area contributed by atoms with Crippen LogP contribution in [0.25, 0.3) is 0 Å². The predicted molar refractivity (Wildman–Crippen MR) is 70.1 cm³/mol. The van der Waals surface area contributed by atoms with Gasteiger partial charge in [0, 0.05) is 22.8 Å². The normalized spacial score (nSPS) is 10.6. The second kappa shape index (κ2) is 5.44. The van der Waals surface area contributed by atoms with Crippen molar-refractivity contribution in [3.8, 4) is 0 Å². The summed E-state index contributed by atoms with van der Waals surface area (Å²) in [7, 11) is 0. The number of hydrogen-bond acceptors (Lipinski definition) is 2. The van der Waals surface area contributed by atoms with E-state index in [1.807, 2.05) is 6.92 Å². The Morgan fingerprint density at radius 2 is 2.22 bits per heavy atom. The lowest BCUT2D eigenvalue weighted by Gasteiger charge is -2.07. The fourth-order valence-corrected chi connectivity index (χ4v) is 2.15. The van der Waals surface area contributed by atoms with E-state index in [1.54, 1.807) is 16.9 Å². The van der Waals surface area contributed by atoms with Crippen molar-refractivity contribution >= 4 is 21.7 Å². The summed E-state index contributed by atoms with van der Waals surface area (Å²) in [6.07, 6.45) is 2.46. The number of aromatic nitrogens is 2. The molecule has 0 N–H and O–H groups in total. The van der Waals surface area contributed by atoms with Gasteiger partial charge >= 0.3 is 0 Å². The minimum Gasteiger partial charge on any atom is -0.287 e. The smallest absolute Gasteiger partial charge is 0.212 e.